The van der Waals surface area contributed by atoms with Gasteiger partial charge in [0.1, 0.15) is 10.6 Å². The zero-order valence-electron chi connectivity index (χ0n) is 13.1. The first-order chi connectivity index (χ1) is 11.7. The molecule has 0 bridgehead atoms. The van der Waals surface area contributed by atoms with Crippen LogP contribution in [0.15, 0.2) is 42.9 Å². The molecule has 0 aliphatic heterocycles. The third-order valence-electron chi connectivity index (χ3n) is 3.62. The van der Waals surface area contributed by atoms with Gasteiger partial charge < -0.3 is 11.1 Å². The van der Waals surface area contributed by atoms with Crippen molar-refractivity contribution in [3.05, 3.63) is 42.9 Å². The lowest BCUT2D eigenvalue weighted by molar-refractivity contribution is 0.778. The van der Waals surface area contributed by atoms with Crippen LogP contribution in [0.1, 0.15) is 6.92 Å². The third-order valence-corrected chi connectivity index (χ3v) is 4.73. The number of pyridine rings is 2. The summed E-state index contributed by atoms with van der Waals surface area (Å²) >= 11 is 1.59. The molecule has 1 atom stereocenters. The predicted octanol–water partition coefficient (Wildman–Crippen LogP) is 3.06. The molecule has 0 aliphatic rings. The van der Waals surface area contributed by atoms with Crippen molar-refractivity contribution in [1.82, 2.24) is 19.9 Å². The largest absolute Gasteiger partial charge is 0.367 e. The van der Waals surface area contributed by atoms with Crippen LogP contribution in [0.5, 0.6) is 0 Å². The molecule has 4 aromatic rings. The van der Waals surface area contributed by atoms with Crippen LogP contribution in [0.2, 0.25) is 0 Å². The lowest BCUT2D eigenvalue weighted by Crippen LogP contribution is -2.25. The second-order valence-corrected chi connectivity index (χ2v) is 6.62. The molecule has 4 rings (SSSR count). The molecule has 7 heteroatoms. The number of nitrogens with one attached hydrogen (secondary N) is 1. The first kappa shape index (κ1) is 14.9. The van der Waals surface area contributed by atoms with E-state index in [1.165, 1.54) is 0 Å². The second-order valence-electron chi connectivity index (χ2n) is 5.63. The lowest BCUT2D eigenvalue weighted by Gasteiger charge is -2.10. The Morgan fingerprint density at radius 1 is 1.17 bits per heavy atom. The van der Waals surface area contributed by atoms with E-state index in [1.54, 1.807) is 29.9 Å². The van der Waals surface area contributed by atoms with Gasteiger partial charge in [-0.2, -0.15) is 0 Å². The summed E-state index contributed by atoms with van der Waals surface area (Å²) in [5.41, 5.74) is 7.73. The van der Waals surface area contributed by atoms with Crippen molar-refractivity contribution < 1.29 is 0 Å². The Morgan fingerprint density at radius 3 is 2.79 bits per heavy atom. The molecule has 4 aromatic heterocycles. The van der Waals surface area contributed by atoms with E-state index in [0.717, 1.165) is 31.8 Å². The van der Waals surface area contributed by atoms with Crippen molar-refractivity contribution in [3.63, 3.8) is 0 Å². The maximum atomic E-state index is 5.89. The van der Waals surface area contributed by atoms with E-state index in [9.17, 15) is 0 Å². The van der Waals surface area contributed by atoms with Crippen molar-refractivity contribution in [2.75, 3.05) is 11.9 Å². The van der Waals surface area contributed by atoms with Gasteiger partial charge >= 0.3 is 0 Å². The van der Waals surface area contributed by atoms with Gasteiger partial charge in [0.2, 0.25) is 0 Å². The SMILES string of the molecule is C[C@H](N)CNc1nc(-c2ccncc2)nc2c1sc1ncccc12. The maximum Gasteiger partial charge on any atom is 0.162 e. The van der Waals surface area contributed by atoms with E-state index < -0.39 is 0 Å². The van der Waals surface area contributed by atoms with E-state index in [-0.39, 0.29) is 6.04 Å². The first-order valence-corrected chi connectivity index (χ1v) is 8.49. The van der Waals surface area contributed by atoms with E-state index in [0.29, 0.717) is 12.4 Å². The molecule has 0 spiro atoms. The number of anilines is 1. The van der Waals surface area contributed by atoms with Gasteiger partial charge in [0.25, 0.3) is 0 Å². The highest BCUT2D eigenvalue weighted by Gasteiger charge is 2.15. The monoisotopic (exact) mass is 336 g/mol. The van der Waals surface area contributed by atoms with Gasteiger partial charge in [-0.15, -0.1) is 11.3 Å². The summed E-state index contributed by atoms with van der Waals surface area (Å²) < 4.78 is 1.00. The summed E-state index contributed by atoms with van der Waals surface area (Å²) in [6.07, 6.45) is 5.28. The van der Waals surface area contributed by atoms with Crippen molar-refractivity contribution >= 4 is 37.6 Å². The number of hydrogen-bond acceptors (Lipinski definition) is 7. The average molecular weight is 336 g/mol. The number of thiophene rings is 1. The predicted molar refractivity (Wildman–Crippen MR) is 98.1 cm³/mol. The number of nitrogens with zero attached hydrogens (tertiary/aromatic N) is 4. The highest BCUT2D eigenvalue weighted by atomic mass is 32.1. The molecule has 0 radical (unpaired) electrons. The number of aromatic nitrogens is 4. The molecule has 0 saturated heterocycles. The van der Waals surface area contributed by atoms with E-state index >= 15 is 0 Å². The minimum absolute atomic E-state index is 0.0342. The molecule has 0 aliphatic carbocycles. The molecule has 0 amide bonds. The fourth-order valence-corrected chi connectivity index (χ4v) is 3.53. The average Bonchev–Trinajstić information content (AvgIpc) is 2.99. The second kappa shape index (κ2) is 6.10. The summed E-state index contributed by atoms with van der Waals surface area (Å²) in [6, 6.07) is 7.82. The Balaban J connectivity index is 1.96. The lowest BCUT2D eigenvalue weighted by atomic mass is 10.2. The maximum absolute atomic E-state index is 5.89. The smallest absolute Gasteiger partial charge is 0.162 e. The molecular formula is C17H16N6S. The van der Waals surface area contributed by atoms with E-state index in [2.05, 4.69) is 15.3 Å². The van der Waals surface area contributed by atoms with Crippen molar-refractivity contribution in [3.8, 4) is 11.4 Å². The third kappa shape index (κ3) is 2.68. The van der Waals surface area contributed by atoms with Crippen LogP contribution in [-0.2, 0) is 0 Å². The van der Waals surface area contributed by atoms with Crippen molar-refractivity contribution in [2.24, 2.45) is 5.73 Å². The van der Waals surface area contributed by atoms with Gasteiger partial charge in [0, 0.05) is 42.1 Å². The number of hydrogen-bond donors (Lipinski definition) is 2. The Kier molecular flexibility index (Phi) is 3.79. The van der Waals surface area contributed by atoms with Crippen LogP contribution in [0.3, 0.4) is 0 Å². The molecule has 0 saturated carbocycles. The van der Waals surface area contributed by atoms with Gasteiger partial charge in [-0.25, -0.2) is 15.0 Å². The summed E-state index contributed by atoms with van der Waals surface area (Å²) in [5.74, 6) is 1.47. The highest BCUT2D eigenvalue weighted by molar-refractivity contribution is 7.25. The number of fused-ring (bicyclic) bond motifs is 3. The molecule has 24 heavy (non-hydrogen) atoms. The zero-order chi connectivity index (χ0) is 16.5. The van der Waals surface area contributed by atoms with Gasteiger partial charge in [0.05, 0.1) is 10.2 Å². The van der Waals surface area contributed by atoms with Crippen LogP contribution in [0.4, 0.5) is 5.82 Å². The number of rotatable bonds is 4. The first-order valence-electron chi connectivity index (χ1n) is 7.67. The molecule has 3 N–H and O–H groups in total. The number of nitrogens with two attached hydrogens (primary N) is 1. The van der Waals surface area contributed by atoms with Crippen LogP contribution >= 0.6 is 11.3 Å². The van der Waals surface area contributed by atoms with Crippen molar-refractivity contribution in [2.45, 2.75) is 13.0 Å². The highest BCUT2D eigenvalue weighted by Crippen LogP contribution is 2.36. The minimum Gasteiger partial charge on any atom is -0.367 e. The van der Waals surface area contributed by atoms with Crippen molar-refractivity contribution in [1.29, 1.82) is 0 Å². The fraction of sp³-hybridized carbons (Fsp3) is 0.176. The molecular weight excluding hydrogens is 320 g/mol. The Labute approximate surface area is 142 Å². The molecule has 0 fully saturated rings. The zero-order valence-corrected chi connectivity index (χ0v) is 13.9. The van der Waals surface area contributed by atoms with Gasteiger partial charge in [-0.05, 0) is 31.2 Å². The molecule has 0 aromatic carbocycles. The Hall–Kier alpha value is -2.64. The summed E-state index contributed by atoms with van der Waals surface area (Å²) in [7, 11) is 0. The molecule has 6 nitrogen and oxygen atoms in total. The van der Waals surface area contributed by atoms with Crippen LogP contribution in [0, 0.1) is 0 Å². The minimum atomic E-state index is 0.0342. The van der Waals surface area contributed by atoms with Crippen LogP contribution in [-0.4, -0.2) is 32.5 Å². The van der Waals surface area contributed by atoms with Crippen LogP contribution in [0.25, 0.3) is 31.8 Å². The van der Waals surface area contributed by atoms with E-state index in [4.69, 9.17) is 15.7 Å². The molecule has 120 valence electrons. The van der Waals surface area contributed by atoms with E-state index in [1.807, 2.05) is 31.2 Å². The quantitative estimate of drug-likeness (QED) is 0.595. The van der Waals surface area contributed by atoms with Crippen LogP contribution < -0.4 is 11.1 Å². The Bertz CT molecular complexity index is 996. The molecule has 0 unspecified atom stereocenters. The van der Waals surface area contributed by atoms with Gasteiger partial charge in [0.15, 0.2) is 5.82 Å². The fourth-order valence-electron chi connectivity index (χ4n) is 2.49. The summed E-state index contributed by atoms with van der Waals surface area (Å²) in [6.45, 7) is 2.60. The Morgan fingerprint density at radius 2 is 2.00 bits per heavy atom. The summed E-state index contributed by atoms with van der Waals surface area (Å²) in [4.78, 5) is 19.0. The van der Waals surface area contributed by atoms with Gasteiger partial charge in [-0.1, -0.05) is 0 Å². The standard InChI is InChI=1S/C17H16N6S/c1-10(18)9-21-16-14-13(12-3-2-6-20-17(12)24-14)22-15(23-16)11-4-7-19-8-5-11/h2-8,10H,9,18H2,1H3,(H,21,22,23)/t10-/m0/s1. The molecule has 4 heterocycles. The topological polar surface area (TPSA) is 89.6 Å². The normalized spacial score (nSPS) is 12.6. The van der Waals surface area contributed by atoms with Gasteiger partial charge in [-0.3, -0.25) is 4.98 Å². The summed E-state index contributed by atoms with van der Waals surface area (Å²) in [5, 5.41) is 4.39.